The van der Waals surface area contributed by atoms with Crippen molar-refractivity contribution in [2.45, 2.75) is 13.5 Å². The number of aliphatic imine (C=N–C) groups is 1. The van der Waals surface area contributed by atoms with E-state index in [1.165, 1.54) is 0 Å². The van der Waals surface area contributed by atoms with Crippen molar-refractivity contribution in [1.82, 2.24) is 20.2 Å². The number of rotatable bonds is 8. The number of benzene rings is 1. The standard InChI is InChI=1S/C20H26N6.HI/c1-2-21-20(24-13-16-26-14-5-6-15-26)23-12-11-22-19-10-9-17-7-3-4-8-18(17)25-19;/h3-10,14-15H,2,11-13,16H2,1H3,(H,22,25)(H2,21,23,24);1H. The van der Waals surface area contributed by atoms with Crippen molar-refractivity contribution in [3.05, 3.63) is 60.9 Å². The zero-order chi connectivity index (χ0) is 18.0. The van der Waals surface area contributed by atoms with E-state index in [1.807, 2.05) is 36.4 Å². The summed E-state index contributed by atoms with van der Waals surface area (Å²) in [4.78, 5) is 9.22. The van der Waals surface area contributed by atoms with Gasteiger partial charge in [-0.15, -0.1) is 24.0 Å². The van der Waals surface area contributed by atoms with E-state index in [0.29, 0.717) is 6.54 Å². The third-order valence-electron chi connectivity index (χ3n) is 3.96. The number of guanidine groups is 1. The minimum Gasteiger partial charge on any atom is -0.368 e. The highest BCUT2D eigenvalue weighted by molar-refractivity contribution is 14.0. The first-order chi connectivity index (χ1) is 12.8. The van der Waals surface area contributed by atoms with E-state index in [0.717, 1.165) is 48.9 Å². The maximum absolute atomic E-state index is 4.61. The van der Waals surface area contributed by atoms with E-state index in [-0.39, 0.29) is 24.0 Å². The van der Waals surface area contributed by atoms with Crippen LogP contribution >= 0.6 is 24.0 Å². The summed E-state index contributed by atoms with van der Waals surface area (Å²) >= 11 is 0. The Kier molecular flexibility index (Phi) is 8.90. The number of nitrogens with one attached hydrogen (secondary N) is 3. The van der Waals surface area contributed by atoms with Crippen LogP contribution in [0.2, 0.25) is 0 Å². The van der Waals surface area contributed by atoms with Gasteiger partial charge in [0.15, 0.2) is 5.96 Å². The van der Waals surface area contributed by atoms with E-state index in [4.69, 9.17) is 0 Å². The number of fused-ring (bicyclic) bond motifs is 1. The molecule has 6 nitrogen and oxygen atoms in total. The fourth-order valence-corrected chi connectivity index (χ4v) is 2.68. The molecule has 2 heterocycles. The summed E-state index contributed by atoms with van der Waals surface area (Å²) in [6.07, 6.45) is 4.12. The van der Waals surface area contributed by atoms with Crippen LogP contribution in [0.4, 0.5) is 5.82 Å². The monoisotopic (exact) mass is 478 g/mol. The lowest BCUT2D eigenvalue weighted by atomic mass is 10.2. The molecule has 0 spiro atoms. The van der Waals surface area contributed by atoms with Crippen molar-refractivity contribution < 1.29 is 0 Å². The average molecular weight is 478 g/mol. The number of pyridine rings is 1. The molecule has 0 saturated heterocycles. The third-order valence-corrected chi connectivity index (χ3v) is 3.96. The van der Waals surface area contributed by atoms with Crippen LogP contribution in [0.15, 0.2) is 65.9 Å². The number of hydrogen-bond donors (Lipinski definition) is 3. The minimum absolute atomic E-state index is 0. The Labute approximate surface area is 177 Å². The molecule has 0 saturated carbocycles. The highest BCUT2D eigenvalue weighted by Gasteiger charge is 1.99. The number of aromatic nitrogens is 2. The highest BCUT2D eigenvalue weighted by Crippen LogP contribution is 2.14. The first-order valence-electron chi connectivity index (χ1n) is 9.08. The summed E-state index contributed by atoms with van der Waals surface area (Å²) in [5, 5.41) is 11.1. The normalized spacial score (nSPS) is 11.1. The number of halogens is 1. The number of nitrogens with zero attached hydrogens (tertiary/aromatic N) is 3. The first-order valence-corrected chi connectivity index (χ1v) is 9.08. The number of anilines is 1. The van der Waals surface area contributed by atoms with Gasteiger partial charge in [0.2, 0.25) is 0 Å². The minimum atomic E-state index is 0. The summed E-state index contributed by atoms with van der Waals surface area (Å²) in [5.41, 5.74) is 1.00. The van der Waals surface area contributed by atoms with Crippen LogP contribution in [0.1, 0.15) is 6.92 Å². The van der Waals surface area contributed by atoms with E-state index in [1.54, 1.807) is 0 Å². The molecule has 3 rings (SSSR count). The summed E-state index contributed by atoms with van der Waals surface area (Å²) in [6.45, 7) is 6.07. The van der Waals surface area contributed by atoms with Gasteiger partial charge in [-0.25, -0.2) is 4.98 Å². The molecular weight excluding hydrogens is 451 g/mol. The maximum Gasteiger partial charge on any atom is 0.191 e. The average Bonchev–Trinajstić information content (AvgIpc) is 3.18. The lowest BCUT2D eigenvalue weighted by molar-refractivity contribution is 0.666. The SMILES string of the molecule is CCNC(=NCCNc1ccc2ccccc2n1)NCCn1cccc1.I. The van der Waals surface area contributed by atoms with E-state index in [9.17, 15) is 0 Å². The van der Waals surface area contributed by atoms with E-state index >= 15 is 0 Å². The van der Waals surface area contributed by atoms with Crippen LogP contribution in [0.25, 0.3) is 10.9 Å². The molecule has 2 aromatic heterocycles. The van der Waals surface area contributed by atoms with Gasteiger partial charge in [0.05, 0.1) is 12.1 Å². The molecule has 0 bridgehead atoms. The van der Waals surface area contributed by atoms with Gasteiger partial charge < -0.3 is 20.5 Å². The zero-order valence-electron chi connectivity index (χ0n) is 15.6. The van der Waals surface area contributed by atoms with Crippen LogP contribution in [0.5, 0.6) is 0 Å². The Morgan fingerprint density at radius 3 is 2.63 bits per heavy atom. The molecule has 3 N–H and O–H groups in total. The molecule has 0 aliphatic rings. The van der Waals surface area contributed by atoms with Gasteiger partial charge in [0.1, 0.15) is 5.82 Å². The van der Waals surface area contributed by atoms with Crippen LogP contribution in [0.3, 0.4) is 0 Å². The van der Waals surface area contributed by atoms with Crippen LogP contribution in [0, 0.1) is 0 Å². The highest BCUT2D eigenvalue weighted by atomic mass is 127. The Bertz CT molecular complexity index is 831. The number of hydrogen-bond acceptors (Lipinski definition) is 3. The molecule has 144 valence electrons. The first kappa shape index (κ1) is 21.0. The van der Waals surface area contributed by atoms with Crippen molar-refractivity contribution in [3.8, 4) is 0 Å². The predicted molar refractivity (Wildman–Crippen MR) is 124 cm³/mol. The largest absolute Gasteiger partial charge is 0.368 e. The molecule has 7 heteroatoms. The predicted octanol–water partition coefficient (Wildman–Crippen LogP) is 3.32. The zero-order valence-corrected chi connectivity index (χ0v) is 17.9. The fourth-order valence-electron chi connectivity index (χ4n) is 2.68. The van der Waals surface area contributed by atoms with Gasteiger partial charge in [-0.3, -0.25) is 4.99 Å². The Balaban J connectivity index is 0.00000261. The van der Waals surface area contributed by atoms with Crippen LogP contribution in [-0.2, 0) is 6.54 Å². The fraction of sp³-hybridized carbons (Fsp3) is 0.300. The molecule has 0 amide bonds. The summed E-state index contributed by atoms with van der Waals surface area (Å²) < 4.78 is 2.14. The molecule has 1 aromatic carbocycles. The van der Waals surface area contributed by atoms with Crippen LogP contribution in [-0.4, -0.2) is 41.7 Å². The van der Waals surface area contributed by atoms with Gasteiger partial charge in [-0.2, -0.15) is 0 Å². The molecule has 0 unspecified atom stereocenters. The second-order valence-corrected chi connectivity index (χ2v) is 5.92. The molecule has 0 aliphatic carbocycles. The third kappa shape index (κ3) is 6.74. The van der Waals surface area contributed by atoms with Crippen molar-refractivity contribution in [2.75, 3.05) is 31.5 Å². The summed E-state index contributed by atoms with van der Waals surface area (Å²) in [7, 11) is 0. The van der Waals surface area contributed by atoms with Gasteiger partial charge in [-0.1, -0.05) is 18.2 Å². The van der Waals surface area contributed by atoms with Crippen LogP contribution < -0.4 is 16.0 Å². The Morgan fingerprint density at radius 1 is 1.00 bits per heavy atom. The molecule has 0 atom stereocenters. The van der Waals surface area contributed by atoms with Crippen molar-refractivity contribution >= 4 is 46.7 Å². The smallest absolute Gasteiger partial charge is 0.191 e. The van der Waals surface area contributed by atoms with Crippen molar-refractivity contribution in [3.63, 3.8) is 0 Å². The van der Waals surface area contributed by atoms with Crippen molar-refractivity contribution in [2.24, 2.45) is 4.99 Å². The molecular formula is C20H27IN6. The lowest BCUT2D eigenvalue weighted by Crippen LogP contribution is -2.39. The Hall–Kier alpha value is -2.29. The topological polar surface area (TPSA) is 66.3 Å². The second-order valence-electron chi connectivity index (χ2n) is 5.92. The van der Waals surface area contributed by atoms with E-state index < -0.39 is 0 Å². The van der Waals surface area contributed by atoms with Gasteiger partial charge >= 0.3 is 0 Å². The lowest BCUT2D eigenvalue weighted by Gasteiger charge is -2.12. The van der Waals surface area contributed by atoms with E-state index in [2.05, 4.69) is 61.9 Å². The second kappa shape index (κ2) is 11.4. The summed E-state index contributed by atoms with van der Waals surface area (Å²) in [6, 6.07) is 16.3. The molecule has 0 fully saturated rings. The van der Waals surface area contributed by atoms with Gasteiger partial charge in [0, 0.05) is 44.0 Å². The van der Waals surface area contributed by atoms with Gasteiger partial charge in [-0.05, 0) is 37.3 Å². The molecule has 3 aromatic rings. The summed E-state index contributed by atoms with van der Waals surface area (Å²) in [5.74, 6) is 1.72. The quantitative estimate of drug-likeness (QED) is 0.201. The van der Waals surface area contributed by atoms with Gasteiger partial charge in [0.25, 0.3) is 0 Å². The van der Waals surface area contributed by atoms with Crippen molar-refractivity contribution in [1.29, 1.82) is 0 Å². The molecule has 0 radical (unpaired) electrons. The molecule has 27 heavy (non-hydrogen) atoms. The maximum atomic E-state index is 4.61. The Morgan fingerprint density at radius 2 is 1.81 bits per heavy atom. The molecule has 0 aliphatic heterocycles. The number of para-hydroxylation sites is 1.